The van der Waals surface area contributed by atoms with Crippen molar-refractivity contribution in [2.24, 2.45) is 5.92 Å². The number of fused-ring (bicyclic) bond motifs is 1. The highest BCUT2D eigenvalue weighted by molar-refractivity contribution is 7.16. The van der Waals surface area contributed by atoms with Gasteiger partial charge in [0.2, 0.25) is 5.91 Å². The Kier molecular flexibility index (Phi) is 4.58. The summed E-state index contributed by atoms with van der Waals surface area (Å²) < 4.78 is 7.30. The number of hydrogen-bond donors (Lipinski definition) is 1. The first-order chi connectivity index (χ1) is 14.0. The fourth-order valence-electron chi connectivity index (χ4n) is 3.91. The van der Waals surface area contributed by atoms with Crippen LogP contribution in [0.1, 0.15) is 24.2 Å². The van der Waals surface area contributed by atoms with Gasteiger partial charge < -0.3 is 15.0 Å². The third-order valence-electron chi connectivity index (χ3n) is 5.62. The number of nitrogens with one attached hydrogen (secondary N) is 1. The molecule has 2 aromatic heterocycles. The molecule has 3 heterocycles. The summed E-state index contributed by atoms with van der Waals surface area (Å²) in [6, 6.07) is 6.25. The Labute approximate surface area is 173 Å². The number of benzene rings is 1. The van der Waals surface area contributed by atoms with Gasteiger partial charge in [-0.3, -0.25) is 4.79 Å². The number of aromatic nitrogens is 3. The van der Waals surface area contributed by atoms with Crippen LogP contribution in [-0.4, -0.2) is 46.1 Å². The van der Waals surface area contributed by atoms with Gasteiger partial charge in [-0.15, -0.1) is 11.3 Å². The fourth-order valence-corrected chi connectivity index (χ4v) is 4.70. The van der Waals surface area contributed by atoms with E-state index in [2.05, 4.69) is 38.2 Å². The minimum atomic E-state index is 0.0334. The number of hydrogen-bond acceptors (Lipinski definition) is 7. The second-order valence-electron chi connectivity index (χ2n) is 7.94. The Morgan fingerprint density at radius 1 is 1.24 bits per heavy atom. The van der Waals surface area contributed by atoms with Crippen LogP contribution in [0.3, 0.4) is 0 Å². The molecule has 0 atom stereocenters. The summed E-state index contributed by atoms with van der Waals surface area (Å²) in [5.74, 6) is 2.69. The normalized spacial score (nSPS) is 21.5. The molecule has 0 unspecified atom stereocenters. The van der Waals surface area contributed by atoms with Crippen LogP contribution in [0.25, 0.3) is 10.2 Å². The highest BCUT2D eigenvalue weighted by atomic mass is 32.1. The number of amides is 1. The average molecular weight is 410 g/mol. The van der Waals surface area contributed by atoms with Crippen LogP contribution in [0.4, 0.5) is 5.82 Å². The summed E-state index contributed by atoms with van der Waals surface area (Å²) in [6.45, 7) is 5.53. The van der Waals surface area contributed by atoms with E-state index in [0.29, 0.717) is 0 Å². The Hall–Kier alpha value is -2.74. The molecule has 1 saturated heterocycles. The highest BCUT2D eigenvalue weighted by Gasteiger charge is 2.39. The molecule has 0 radical (unpaired) electrons. The van der Waals surface area contributed by atoms with E-state index in [4.69, 9.17) is 4.74 Å². The molecule has 2 aliphatic rings. The van der Waals surface area contributed by atoms with Crippen molar-refractivity contribution in [1.82, 2.24) is 20.3 Å². The predicted octanol–water partition coefficient (Wildman–Crippen LogP) is 2.87. The summed E-state index contributed by atoms with van der Waals surface area (Å²) in [5, 5.41) is 3.16. The third-order valence-corrected chi connectivity index (χ3v) is 6.39. The Bertz CT molecular complexity index is 1060. The zero-order chi connectivity index (χ0) is 20.0. The molecule has 3 aromatic rings. The highest BCUT2D eigenvalue weighted by Crippen LogP contribution is 2.36. The van der Waals surface area contributed by atoms with Gasteiger partial charge in [-0.25, -0.2) is 15.0 Å². The van der Waals surface area contributed by atoms with Gasteiger partial charge in [-0.1, -0.05) is 0 Å². The third kappa shape index (κ3) is 3.64. The van der Waals surface area contributed by atoms with E-state index >= 15 is 0 Å². The molecule has 0 spiro atoms. The SMILES string of the molecule is Cc1cc(OC2CC(C(=O)NC3CN(c4ccnc(C)n4)C3)C2)c2ncsc2c1. The number of anilines is 1. The van der Waals surface area contributed by atoms with Crippen molar-refractivity contribution in [2.75, 3.05) is 18.0 Å². The van der Waals surface area contributed by atoms with Crippen molar-refractivity contribution in [2.45, 2.75) is 38.8 Å². The van der Waals surface area contributed by atoms with Crippen molar-refractivity contribution < 1.29 is 9.53 Å². The molecule has 1 N–H and O–H groups in total. The molecule has 150 valence electrons. The zero-order valence-electron chi connectivity index (χ0n) is 16.5. The maximum absolute atomic E-state index is 12.5. The van der Waals surface area contributed by atoms with Crippen LogP contribution in [0.15, 0.2) is 29.9 Å². The molecule has 1 aliphatic carbocycles. The number of carbonyl (C=O) groups is 1. The van der Waals surface area contributed by atoms with E-state index in [1.54, 1.807) is 17.5 Å². The summed E-state index contributed by atoms with van der Waals surface area (Å²) in [5.41, 5.74) is 3.93. The van der Waals surface area contributed by atoms with Crippen LogP contribution in [-0.2, 0) is 4.79 Å². The summed E-state index contributed by atoms with van der Waals surface area (Å²) >= 11 is 1.62. The molecular weight excluding hydrogens is 386 g/mol. The van der Waals surface area contributed by atoms with Crippen molar-refractivity contribution in [3.63, 3.8) is 0 Å². The van der Waals surface area contributed by atoms with E-state index in [0.717, 1.165) is 53.5 Å². The van der Waals surface area contributed by atoms with Crippen LogP contribution < -0.4 is 15.0 Å². The second-order valence-corrected chi connectivity index (χ2v) is 8.83. The molecule has 29 heavy (non-hydrogen) atoms. The van der Waals surface area contributed by atoms with E-state index in [9.17, 15) is 4.79 Å². The van der Waals surface area contributed by atoms with Gasteiger partial charge in [0.1, 0.15) is 29.0 Å². The molecule has 1 saturated carbocycles. The molecule has 7 nitrogen and oxygen atoms in total. The van der Waals surface area contributed by atoms with E-state index in [-0.39, 0.29) is 24.0 Å². The monoisotopic (exact) mass is 409 g/mol. The lowest BCUT2D eigenvalue weighted by atomic mass is 9.81. The van der Waals surface area contributed by atoms with Gasteiger partial charge in [0.15, 0.2) is 0 Å². The maximum atomic E-state index is 12.5. The Morgan fingerprint density at radius 2 is 2.07 bits per heavy atom. The van der Waals surface area contributed by atoms with Crippen LogP contribution in [0.2, 0.25) is 0 Å². The number of thiazole rings is 1. The fraction of sp³-hybridized carbons (Fsp3) is 0.429. The van der Waals surface area contributed by atoms with Crippen LogP contribution in [0, 0.1) is 19.8 Å². The number of rotatable bonds is 5. The van der Waals surface area contributed by atoms with Gasteiger partial charge >= 0.3 is 0 Å². The van der Waals surface area contributed by atoms with Crippen LogP contribution >= 0.6 is 11.3 Å². The Morgan fingerprint density at radius 3 is 2.86 bits per heavy atom. The first-order valence-corrected chi connectivity index (χ1v) is 10.8. The molecule has 1 amide bonds. The minimum absolute atomic E-state index is 0.0334. The van der Waals surface area contributed by atoms with Gasteiger partial charge in [0, 0.05) is 25.2 Å². The van der Waals surface area contributed by atoms with Gasteiger partial charge in [0.05, 0.1) is 16.3 Å². The first-order valence-electron chi connectivity index (χ1n) is 9.90. The predicted molar refractivity (Wildman–Crippen MR) is 112 cm³/mol. The summed E-state index contributed by atoms with van der Waals surface area (Å²) in [4.78, 5) is 27.7. The zero-order valence-corrected chi connectivity index (χ0v) is 17.3. The van der Waals surface area contributed by atoms with Crippen molar-refractivity contribution in [3.05, 3.63) is 41.3 Å². The summed E-state index contributed by atoms with van der Waals surface area (Å²) in [6.07, 6.45) is 3.37. The van der Waals surface area contributed by atoms with Gasteiger partial charge in [0.25, 0.3) is 0 Å². The standard InChI is InChI=1S/C21H23N5O2S/c1-12-5-17(20-18(6-12)29-11-23-20)28-16-7-14(8-16)21(27)25-15-9-26(10-15)19-3-4-22-13(2)24-19/h3-6,11,14-16H,7-10H2,1-2H3,(H,25,27). The van der Waals surface area contributed by atoms with Crippen LogP contribution in [0.5, 0.6) is 5.75 Å². The molecule has 2 fully saturated rings. The number of nitrogens with zero attached hydrogens (tertiary/aromatic N) is 4. The molecular formula is C21H23N5O2S. The second kappa shape index (κ2) is 7.26. The largest absolute Gasteiger partial charge is 0.488 e. The van der Waals surface area contributed by atoms with Crippen molar-refractivity contribution >= 4 is 33.3 Å². The lowest BCUT2D eigenvalue weighted by molar-refractivity contribution is -0.131. The summed E-state index contributed by atoms with van der Waals surface area (Å²) in [7, 11) is 0. The molecule has 1 aliphatic heterocycles. The maximum Gasteiger partial charge on any atom is 0.223 e. The number of aryl methyl sites for hydroxylation is 2. The Balaban J connectivity index is 1.10. The molecule has 8 heteroatoms. The molecule has 0 bridgehead atoms. The average Bonchev–Trinajstić information content (AvgIpc) is 3.08. The number of carbonyl (C=O) groups excluding carboxylic acids is 1. The smallest absolute Gasteiger partial charge is 0.223 e. The quantitative estimate of drug-likeness (QED) is 0.698. The minimum Gasteiger partial charge on any atom is -0.488 e. The van der Waals surface area contributed by atoms with Crippen molar-refractivity contribution in [1.29, 1.82) is 0 Å². The molecule has 1 aromatic carbocycles. The van der Waals surface area contributed by atoms with Crippen molar-refractivity contribution in [3.8, 4) is 5.75 Å². The lowest BCUT2D eigenvalue weighted by Gasteiger charge is -2.42. The van der Waals surface area contributed by atoms with E-state index in [1.165, 1.54) is 5.56 Å². The number of ether oxygens (including phenoxy) is 1. The molecule has 5 rings (SSSR count). The van der Waals surface area contributed by atoms with Gasteiger partial charge in [-0.2, -0.15) is 0 Å². The van der Waals surface area contributed by atoms with E-state index in [1.807, 2.05) is 24.6 Å². The first kappa shape index (κ1) is 18.3. The topological polar surface area (TPSA) is 80.2 Å². The lowest BCUT2D eigenvalue weighted by Crippen LogP contribution is -2.61. The van der Waals surface area contributed by atoms with E-state index < -0.39 is 0 Å². The van der Waals surface area contributed by atoms with Gasteiger partial charge in [-0.05, 0) is 50.5 Å².